The van der Waals surface area contributed by atoms with Crippen molar-refractivity contribution in [3.8, 4) is 0 Å². The maximum atomic E-state index is 11.5. The molecule has 2 fully saturated rings. The highest BCUT2D eigenvalue weighted by molar-refractivity contribution is 5.16. The lowest BCUT2D eigenvalue weighted by molar-refractivity contribution is -0.214. The molecule has 2 aliphatic rings. The van der Waals surface area contributed by atoms with Crippen LogP contribution in [0, 0.1) is 0 Å². The van der Waals surface area contributed by atoms with Crippen LogP contribution in [0.25, 0.3) is 0 Å². The van der Waals surface area contributed by atoms with Crippen LogP contribution < -0.4 is 5.48 Å². The summed E-state index contributed by atoms with van der Waals surface area (Å²) in [6.45, 7) is 4.75. The zero-order valence-corrected chi connectivity index (χ0v) is 21.2. The van der Waals surface area contributed by atoms with Crippen LogP contribution in [0.1, 0.15) is 30.5 Å². The number of hydroxylamine groups is 1. The summed E-state index contributed by atoms with van der Waals surface area (Å²) in [5, 5.41) is 11.5. The van der Waals surface area contributed by atoms with Gasteiger partial charge in [-0.1, -0.05) is 91.0 Å². The highest BCUT2D eigenvalue weighted by Gasteiger charge is 2.59. The maximum Gasteiger partial charge on any atom is 0.164 e. The summed E-state index contributed by atoms with van der Waals surface area (Å²) < 4.78 is 25.4. The van der Waals surface area contributed by atoms with Crippen molar-refractivity contribution in [3.05, 3.63) is 108 Å². The lowest BCUT2D eigenvalue weighted by Crippen LogP contribution is -2.67. The van der Waals surface area contributed by atoms with E-state index in [0.29, 0.717) is 19.8 Å². The van der Waals surface area contributed by atoms with Crippen molar-refractivity contribution in [3.63, 3.8) is 0 Å². The molecule has 0 amide bonds. The van der Waals surface area contributed by atoms with E-state index in [9.17, 15) is 5.11 Å². The predicted molar refractivity (Wildman–Crippen MR) is 138 cm³/mol. The molecule has 196 valence electrons. The summed E-state index contributed by atoms with van der Waals surface area (Å²) in [6.07, 6.45) is -3.16. The molecule has 2 N–H and O–H groups in total. The van der Waals surface area contributed by atoms with Crippen molar-refractivity contribution in [2.75, 3.05) is 0 Å². The summed E-state index contributed by atoms with van der Waals surface area (Å²) in [6, 6.07) is 29.2. The fourth-order valence-corrected chi connectivity index (χ4v) is 4.98. The van der Waals surface area contributed by atoms with Crippen LogP contribution in [-0.4, -0.2) is 47.5 Å². The van der Waals surface area contributed by atoms with Crippen molar-refractivity contribution in [2.24, 2.45) is 0 Å². The number of nitrogens with one attached hydrogen (secondary N) is 1. The molecule has 1 saturated heterocycles. The fraction of sp³-hybridized carbons (Fsp3) is 0.400. The highest BCUT2D eigenvalue weighted by atomic mass is 16.8. The van der Waals surface area contributed by atoms with E-state index in [2.05, 4.69) is 5.48 Å². The van der Waals surface area contributed by atoms with Crippen LogP contribution >= 0.6 is 0 Å². The summed E-state index contributed by atoms with van der Waals surface area (Å²) >= 11 is 0. The van der Waals surface area contributed by atoms with Gasteiger partial charge in [0.05, 0.1) is 25.9 Å². The zero-order valence-electron chi connectivity index (χ0n) is 21.2. The summed E-state index contributed by atoms with van der Waals surface area (Å²) in [7, 11) is 0. The first-order valence-corrected chi connectivity index (χ1v) is 12.8. The molecular weight excluding hydrogens is 470 g/mol. The minimum absolute atomic E-state index is 0.335. The van der Waals surface area contributed by atoms with Crippen molar-refractivity contribution >= 4 is 0 Å². The quantitative estimate of drug-likeness (QED) is 0.401. The van der Waals surface area contributed by atoms with Gasteiger partial charge in [0.1, 0.15) is 30.5 Å². The topological polar surface area (TPSA) is 78.4 Å². The van der Waals surface area contributed by atoms with Crippen LogP contribution in [0.15, 0.2) is 91.0 Å². The van der Waals surface area contributed by atoms with E-state index in [1.54, 1.807) is 0 Å². The molecule has 1 unspecified atom stereocenters. The van der Waals surface area contributed by atoms with Gasteiger partial charge in [-0.05, 0) is 30.5 Å². The van der Waals surface area contributed by atoms with Crippen LogP contribution in [0.4, 0.5) is 0 Å². The van der Waals surface area contributed by atoms with E-state index in [0.717, 1.165) is 16.7 Å². The normalized spacial score (nSPS) is 28.6. The van der Waals surface area contributed by atoms with E-state index in [1.807, 2.05) is 105 Å². The van der Waals surface area contributed by atoms with Gasteiger partial charge in [-0.3, -0.25) is 4.84 Å². The van der Waals surface area contributed by atoms with Crippen LogP contribution in [0.2, 0.25) is 0 Å². The summed E-state index contributed by atoms with van der Waals surface area (Å²) in [5.41, 5.74) is 6.16. The van der Waals surface area contributed by atoms with Gasteiger partial charge in [-0.15, -0.1) is 0 Å². The average Bonchev–Trinajstić information content (AvgIpc) is 3.25. The van der Waals surface area contributed by atoms with Gasteiger partial charge in [0, 0.05) is 0 Å². The SMILES string of the molecule is CC1(C)O[C@H]2[C@H](OCc3ccccc3)[C@@H](OCc3ccccc3)[C@H](NOCc3ccccc3)C(O)[C@H]2O1. The number of benzene rings is 3. The molecule has 0 spiro atoms. The first-order chi connectivity index (χ1) is 18.0. The van der Waals surface area contributed by atoms with E-state index < -0.39 is 42.3 Å². The molecule has 5 rings (SSSR count). The summed E-state index contributed by atoms with van der Waals surface area (Å²) in [5.74, 6) is -0.867. The molecule has 3 aromatic rings. The molecule has 0 radical (unpaired) electrons. The number of aliphatic hydroxyl groups excluding tert-OH is 1. The molecule has 0 aromatic heterocycles. The largest absolute Gasteiger partial charge is 0.388 e. The second-order valence-electron chi connectivity index (χ2n) is 10.00. The van der Waals surface area contributed by atoms with Crippen LogP contribution in [0.3, 0.4) is 0 Å². The number of aliphatic hydroxyl groups is 1. The van der Waals surface area contributed by atoms with E-state index in [-0.39, 0.29) is 0 Å². The number of hydrogen-bond donors (Lipinski definition) is 2. The first-order valence-electron chi connectivity index (χ1n) is 12.8. The Balaban J connectivity index is 1.39. The third-order valence-electron chi connectivity index (χ3n) is 6.74. The van der Waals surface area contributed by atoms with Crippen molar-refractivity contribution < 1.29 is 28.9 Å². The third kappa shape index (κ3) is 6.45. The van der Waals surface area contributed by atoms with Gasteiger partial charge < -0.3 is 24.1 Å². The van der Waals surface area contributed by atoms with Gasteiger partial charge >= 0.3 is 0 Å². The van der Waals surface area contributed by atoms with Gasteiger partial charge in [0.15, 0.2) is 5.79 Å². The molecule has 6 atom stereocenters. The maximum absolute atomic E-state index is 11.5. The van der Waals surface area contributed by atoms with Gasteiger partial charge in [0.25, 0.3) is 0 Å². The molecular formula is C30H35NO6. The minimum Gasteiger partial charge on any atom is -0.388 e. The minimum atomic E-state index is -0.945. The Hall–Kier alpha value is -2.62. The van der Waals surface area contributed by atoms with Gasteiger partial charge in [-0.2, -0.15) is 5.48 Å². The number of rotatable bonds is 10. The van der Waals surface area contributed by atoms with Crippen molar-refractivity contribution in [1.29, 1.82) is 0 Å². The second-order valence-corrected chi connectivity index (χ2v) is 10.00. The van der Waals surface area contributed by atoms with Crippen molar-refractivity contribution in [1.82, 2.24) is 5.48 Å². The van der Waals surface area contributed by atoms with Gasteiger partial charge in [0.2, 0.25) is 0 Å². The van der Waals surface area contributed by atoms with Crippen LogP contribution in [-0.2, 0) is 43.6 Å². The number of fused-ring (bicyclic) bond motifs is 1. The smallest absolute Gasteiger partial charge is 0.164 e. The second kappa shape index (κ2) is 11.8. The lowest BCUT2D eigenvalue weighted by Gasteiger charge is -2.45. The van der Waals surface area contributed by atoms with Gasteiger partial charge in [-0.25, -0.2) is 0 Å². The molecule has 0 bridgehead atoms. The standard InChI is InChI=1S/C30H35NO6/c1-30(2)36-27-25(32)24(31-35-20-23-16-10-5-11-17-23)26(33-18-21-12-6-3-7-13-21)28(29(27)37-30)34-19-22-14-8-4-9-15-22/h3-17,24-29,31-32H,18-20H2,1-2H3/t24-,25?,26+,27-,28-,29-/m1/s1. The Kier molecular flexibility index (Phi) is 8.32. The molecule has 1 heterocycles. The molecule has 1 saturated carbocycles. The monoisotopic (exact) mass is 505 g/mol. The molecule has 7 nitrogen and oxygen atoms in total. The number of ether oxygens (including phenoxy) is 4. The lowest BCUT2D eigenvalue weighted by atomic mass is 9.83. The highest BCUT2D eigenvalue weighted by Crippen LogP contribution is 2.40. The van der Waals surface area contributed by atoms with E-state index >= 15 is 0 Å². The average molecular weight is 506 g/mol. The predicted octanol–water partition coefficient (Wildman–Crippen LogP) is 4.14. The molecule has 1 aliphatic heterocycles. The van der Waals surface area contributed by atoms with E-state index in [4.69, 9.17) is 23.8 Å². The Morgan fingerprint density at radius 1 is 0.676 bits per heavy atom. The molecule has 3 aromatic carbocycles. The Morgan fingerprint density at radius 2 is 1.14 bits per heavy atom. The summed E-state index contributed by atoms with van der Waals surface area (Å²) in [4.78, 5) is 5.88. The molecule has 1 aliphatic carbocycles. The first kappa shape index (κ1) is 26.0. The van der Waals surface area contributed by atoms with Crippen molar-refractivity contribution in [2.45, 2.75) is 76.0 Å². The Morgan fingerprint density at radius 3 is 1.68 bits per heavy atom. The molecule has 7 heteroatoms. The number of hydrogen-bond acceptors (Lipinski definition) is 7. The van der Waals surface area contributed by atoms with E-state index in [1.165, 1.54) is 0 Å². The Labute approximate surface area is 218 Å². The van der Waals surface area contributed by atoms with Crippen LogP contribution in [0.5, 0.6) is 0 Å². The zero-order chi connectivity index (χ0) is 25.7. The fourth-order valence-electron chi connectivity index (χ4n) is 4.98. The Bertz CT molecular complexity index is 1100. The third-order valence-corrected chi connectivity index (χ3v) is 6.74. The molecule has 37 heavy (non-hydrogen) atoms.